The maximum Gasteiger partial charge on any atom is 0.191 e. The third-order valence-corrected chi connectivity index (χ3v) is 5.43. The van der Waals surface area contributed by atoms with E-state index in [-0.39, 0.29) is 30.0 Å². The average Bonchev–Trinajstić information content (AvgIpc) is 2.86. The van der Waals surface area contributed by atoms with E-state index in [1.54, 1.807) is 0 Å². The van der Waals surface area contributed by atoms with Gasteiger partial charge in [0.1, 0.15) is 0 Å². The van der Waals surface area contributed by atoms with Crippen LogP contribution in [0.25, 0.3) is 0 Å². The van der Waals surface area contributed by atoms with Crippen molar-refractivity contribution in [1.29, 1.82) is 0 Å². The van der Waals surface area contributed by atoms with Crippen LogP contribution >= 0.6 is 24.0 Å². The molecule has 0 aromatic carbocycles. The van der Waals surface area contributed by atoms with Crippen LogP contribution in [0.1, 0.15) is 64.9 Å². The Balaban J connectivity index is 0.00000784. The van der Waals surface area contributed by atoms with Crippen molar-refractivity contribution in [2.45, 2.75) is 80.3 Å². The van der Waals surface area contributed by atoms with Crippen molar-refractivity contribution in [3.8, 4) is 0 Å². The smallest absolute Gasteiger partial charge is 0.191 e. The van der Waals surface area contributed by atoms with Crippen molar-refractivity contribution in [2.24, 2.45) is 18.0 Å². The molecule has 0 aliphatic rings. The molecule has 1 aromatic heterocycles. The van der Waals surface area contributed by atoms with Crippen molar-refractivity contribution < 1.29 is 0 Å². The molecule has 7 heteroatoms. The van der Waals surface area contributed by atoms with E-state index in [1.165, 1.54) is 17.7 Å². The fraction of sp³-hybridized carbons (Fsp3) is 0.818. The number of nitrogens with zero attached hydrogens (tertiary/aromatic N) is 4. The first kappa shape index (κ1) is 28.2. The van der Waals surface area contributed by atoms with Gasteiger partial charge in [-0.05, 0) is 65.1 Å². The molecule has 0 fully saturated rings. The van der Waals surface area contributed by atoms with Gasteiger partial charge in [-0.3, -0.25) is 14.6 Å². The van der Waals surface area contributed by atoms with Gasteiger partial charge in [0.15, 0.2) is 5.96 Å². The molecule has 2 N–H and O–H groups in total. The first-order chi connectivity index (χ1) is 13.2. The number of aryl methyl sites for hydroxylation is 2. The molecule has 170 valence electrons. The minimum atomic E-state index is 0. The standard InChI is InChI=1S/C22H44N6.HI/c1-10-23-22(24-15-20(13-16(4)5)28(11-2)12-3)25-17(6)14-21-18(7)26-27(9)19(21)8;/h16-17,20H,10-15H2,1-9H3,(H2,23,24,25);1H. The summed E-state index contributed by atoms with van der Waals surface area (Å²) in [5, 5.41) is 11.6. The Morgan fingerprint density at radius 1 is 1.14 bits per heavy atom. The molecule has 1 rings (SSSR count). The van der Waals surface area contributed by atoms with Gasteiger partial charge in [0.2, 0.25) is 0 Å². The number of hydrogen-bond acceptors (Lipinski definition) is 3. The maximum atomic E-state index is 4.95. The molecule has 1 heterocycles. The summed E-state index contributed by atoms with van der Waals surface area (Å²) in [5.41, 5.74) is 3.69. The number of nitrogens with one attached hydrogen (secondary N) is 2. The predicted octanol–water partition coefficient (Wildman–Crippen LogP) is 3.90. The van der Waals surface area contributed by atoms with Crippen LogP contribution in [0.4, 0.5) is 0 Å². The summed E-state index contributed by atoms with van der Waals surface area (Å²) >= 11 is 0. The number of aliphatic imine (C=N–C) groups is 1. The average molecular weight is 521 g/mol. The molecule has 0 amide bonds. The lowest BCUT2D eigenvalue weighted by molar-refractivity contribution is 0.196. The minimum absolute atomic E-state index is 0. The van der Waals surface area contributed by atoms with Gasteiger partial charge in [-0.25, -0.2) is 0 Å². The molecule has 0 bridgehead atoms. The van der Waals surface area contributed by atoms with Crippen LogP contribution in [0.2, 0.25) is 0 Å². The van der Waals surface area contributed by atoms with Gasteiger partial charge in [-0.1, -0.05) is 27.7 Å². The lowest BCUT2D eigenvalue weighted by Gasteiger charge is -2.30. The van der Waals surface area contributed by atoms with Gasteiger partial charge in [0.25, 0.3) is 0 Å². The molecule has 29 heavy (non-hydrogen) atoms. The van der Waals surface area contributed by atoms with Gasteiger partial charge in [0.05, 0.1) is 12.2 Å². The molecule has 1 aromatic rings. The third-order valence-electron chi connectivity index (χ3n) is 5.43. The van der Waals surface area contributed by atoms with E-state index in [9.17, 15) is 0 Å². The summed E-state index contributed by atoms with van der Waals surface area (Å²) in [6.07, 6.45) is 2.12. The Morgan fingerprint density at radius 3 is 2.21 bits per heavy atom. The van der Waals surface area contributed by atoms with Crippen LogP contribution in [0.3, 0.4) is 0 Å². The Morgan fingerprint density at radius 2 is 1.76 bits per heavy atom. The molecule has 0 radical (unpaired) electrons. The van der Waals surface area contributed by atoms with Crippen molar-refractivity contribution in [3.63, 3.8) is 0 Å². The van der Waals surface area contributed by atoms with Crippen molar-refractivity contribution in [2.75, 3.05) is 26.2 Å². The second-order valence-corrected chi connectivity index (χ2v) is 8.25. The van der Waals surface area contributed by atoms with Crippen molar-refractivity contribution in [3.05, 3.63) is 17.0 Å². The fourth-order valence-corrected chi connectivity index (χ4v) is 3.84. The molecule has 2 unspecified atom stereocenters. The second-order valence-electron chi connectivity index (χ2n) is 8.25. The molecule has 0 saturated heterocycles. The fourth-order valence-electron chi connectivity index (χ4n) is 3.84. The van der Waals surface area contributed by atoms with E-state index in [0.29, 0.717) is 12.0 Å². The molecule has 0 aliphatic heterocycles. The van der Waals surface area contributed by atoms with Gasteiger partial charge in [0, 0.05) is 31.4 Å². The second kappa shape index (κ2) is 14.2. The summed E-state index contributed by atoms with van der Waals surface area (Å²) in [5.74, 6) is 1.59. The van der Waals surface area contributed by atoms with Crippen molar-refractivity contribution in [1.82, 2.24) is 25.3 Å². The SMILES string of the molecule is CCNC(=NCC(CC(C)C)N(CC)CC)NC(C)Cc1c(C)nn(C)c1C.I. The molecule has 2 atom stereocenters. The van der Waals surface area contributed by atoms with Crippen molar-refractivity contribution >= 4 is 29.9 Å². The van der Waals surface area contributed by atoms with Gasteiger partial charge in [-0.2, -0.15) is 5.10 Å². The highest BCUT2D eigenvalue weighted by molar-refractivity contribution is 14.0. The van der Waals surface area contributed by atoms with Crippen LogP contribution in [-0.4, -0.2) is 58.9 Å². The Hall–Kier alpha value is -0.830. The number of hydrogen-bond donors (Lipinski definition) is 2. The quantitative estimate of drug-likeness (QED) is 0.264. The Bertz CT molecular complexity index is 607. The van der Waals surface area contributed by atoms with Crippen LogP contribution in [-0.2, 0) is 13.5 Å². The largest absolute Gasteiger partial charge is 0.357 e. The van der Waals surface area contributed by atoms with Crippen LogP contribution in [0.15, 0.2) is 4.99 Å². The van der Waals surface area contributed by atoms with Gasteiger partial charge < -0.3 is 10.6 Å². The predicted molar refractivity (Wildman–Crippen MR) is 137 cm³/mol. The summed E-state index contributed by atoms with van der Waals surface area (Å²) in [7, 11) is 2.01. The highest BCUT2D eigenvalue weighted by Gasteiger charge is 2.18. The summed E-state index contributed by atoms with van der Waals surface area (Å²) < 4.78 is 1.97. The minimum Gasteiger partial charge on any atom is -0.357 e. The van der Waals surface area contributed by atoms with E-state index < -0.39 is 0 Å². The highest BCUT2D eigenvalue weighted by Crippen LogP contribution is 2.14. The third kappa shape index (κ3) is 9.24. The number of likely N-dealkylation sites (N-methyl/N-ethyl adjacent to an activating group) is 1. The topological polar surface area (TPSA) is 57.5 Å². The number of rotatable bonds is 11. The number of guanidine groups is 1. The molecule has 6 nitrogen and oxygen atoms in total. The molecule has 0 aliphatic carbocycles. The van der Waals surface area contributed by atoms with E-state index in [4.69, 9.17) is 4.99 Å². The lowest BCUT2D eigenvalue weighted by Crippen LogP contribution is -2.45. The summed E-state index contributed by atoms with van der Waals surface area (Å²) in [6.45, 7) is 21.5. The summed E-state index contributed by atoms with van der Waals surface area (Å²) in [4.78, 5) is 7.47. The maximum absolute atomic E-state index is 4.95. The van der Waals surface area contributed by atoms with Crippen LogP contribution < -0.4 is 10.6 Å². The van der Waals surface area contributed by atoms with Crippen LogP contribution in [0, 0.1) is 19.8 Å². The lowest BCUT2D eigenvalue weighted by atomic mass is 10.0. The number of halogens is 1. The monoisotopic (exact) mass is 520 g/mol. The van der Waals surface area contributed by atoms with E-state index >= 15 is 0 Å². The van der Waals surface area contributed by atoms with E-state index in [2.05, 4.69) is 76.0 Å². The zero-order valence-electron chi connectivity index (χ0n) is 20.2. The first-order valence-corrected chi connectivity index (χ1v) is 11.0. The molecule has 0 spiro atoms. The van der Waals surface area contributed by atoms with Gasteiger partial charge >= 0.3 is 0 Å². The zero-order chi connectivity index (χ0) is 21.3. The Kier molecular flexibility index (Phi) is 13.8. The summed E-state index contributed by atoms with van der Waals surface area (Å²) in [6, 6.07) is 0.778. The van der Waals surface area contributed by atoms with Crippen LogP contribution in [0.5, 0.6) is 0 Å². The van der Waals surface area contributed by atoms with Gasteiger partial charge in [-0.15, -0.1) is 24.0 Å². The molecular formula is C22H45IN6. The van der Waals surface area contributed by atoms with E-state index in [1.807, 2.05) is 11.7 Å². The zero-order valence-corrected chi connectivity index (χ0v) is 22.5. The molecule has 0 saturated carbocycles. The molecular weight excluding hydrogens is 475 g/mol. The first-order valence-electron chi connectivity index (χ1n) is 11.0. The highest BCUT2D eigenvalue weighted by atomic mass is 127. The number of aromatic nitrogens is 2. The Labute approximate surface area is 196 Å². The van der Waals surface area contributed by atoms with E-state index in [0.717, 1.165) is 44.3 Å². The normalized spacial score (nSPS) is 14.1.